The third-order valence-corrected chi connectivity index (χ3v) is 8.82. The molecule has 1 fully saturated rings. The smallest absolute Gasteiger partial charge is 0.256 e. The third kappa shape index (κ3) is 6.35. The Morgan fingerprint density at radius 2 is 1.77 bits per heavy atom. The van der Waals surface area contributed by atoms with Gasteiger partial charge in [-0.1, -0.05) is 49.0 Å². The molecule has 0 atom stereocenters. The Bertz CT molecular complexity index is 1560. The van der Waals surface area contributed by atoms with Crippen LogP contribution in [0.25, 0.3) is 10.2 Å². The zero-order valence-electron chi connectivity index (χ0n) is 22.4. The lowest BCUT2D eigenvalue weighted by atomic mass is 10.0. The van der Waals surface area contributed by atoms with Crippen molar-refractivity contribution in [3.05, 3.63) is 82.9 Å². The molecule has 2 N–H and O–H groups in total. The summed E-state index contributed by atoms with van der Waals surface area (Å²) in [6, 6.07) is 18.4. The van der Waals surface area contributed by atoms with E-state index >= 15 is 0 Å². The molecule has 5 rings (SSSR count). The highest BCUT2D eigenvalue weighted by atomic mass is 32.2. The van der Waals surface area contributed by atoms with Gasteiger partial charge in [0.15, 0.2) is 4.34 Å². The number of rotatable bonds is 8. The fourth-order valence-corrected chi connectivity index (χ4v) is 6.46. The number of benzene rings is 3. The number of nitrogens with one attached hydrogen (secondary N) is 2. The minimum Gasteiger partial charge on any atom is -0.378 e. The van der Waals surface area contributed by atoms with Gasteiger partial charge in [-0.05, 0) is 54.8 Å². The van der Waals surface area contributed by atoms with Crippen LogP contribution in [0.3, 0.4) is 0 Å². The van der Waals surface area contributed by atoms with Gasteiger partial charge in [-0.3, -0.25) is 14.4 Å². The molecule has 1 saturated heterocycles. The van der Waals surface area contributed by atoms with Gasteiger partial charge in [-0.25, -0.2) is 4.98 Å². The van der Waals surface area contributed by atoms with E-state index in [-0.39, 0.29) is 23.5 Å². The molecule has 40 heavy (non-hydrogen) atoms. The first-order valence-electron chi connectivity index (χ1n) is 13.1. The standard InChI is InChI=1S/C30H30N4O4S2/c1-3-20-8-6-7-19(2)27(20)33-26(35)18-39-30-32-24-12-11-21(17-25(24)40-30)31-28(36)22-9-4-5-10-23(22)29(37)34-13-15-38-16-14-34/h4-12,17H,3,13-16,18H2,1-2H3,(H,31,36)(H,33,35). The van der Waals surface area contributed by atoms with Crippen LogP contribution in [0, 0.1) is 6.92 Å². The van der Waals surface area contributed by atoms with E-state index < -0.39 is 0 Å². The highest BCUT2D eigenvalue weighted by Crippen LogP contribution is 2.32. The summed E-state index contributed by atoms with van der Waals surface area (Å²) in [5.74, 6) is -0.359. The van der Waals surface area contributed by atoms with Crippen LogP contribution in [0.4, 0.5) is 11.4 Å². The first kappa shape index (κ1) is 27.8. The van der Waals surface area contributed by atoms with E-state index in [2.05, 4.69) is 22.5 Å². The number of ether oxygens (including phenoxy) is 1. The van der Waals surface area contributed by atoms with Crippen molar-refractivity contribution in [1.29, 1.82) is 0 Å². The van der Waals surface area contributed by atoms with Crippen molar-refractivity contribution in [2.45, 2.75) is 24.6 Å². The van der Waals surface area contributed by atoms with E-state index in [0.717, 1.165) is 37.8 Å². The predicted molar refractivity (Wildman–Crippen MR) is 161 cm³/mol. The molecule has 206 valence electrons. The minimum absolute atomic E-state index is 0.0773. The number of carbonyl (C=O) groups excluding carboxylic acids is 3. The Hall–Kier alpha value is -3.73. The number of nitrogens with zero attached hydrogens (tertiary/aromatic N) is 2. The number of thioether (sulfide) groups is 1. The Balaban J connectivity index is 1.24. The largest absolute Gasteiger partial charge is 0.378 e. The zero-order chi connectivity index (χ0) is 28.1. The van der Waals surface area contributed by atoms with Gasteiger partial charge in [0.2, 0.25) is 5.91 Å². The fraction of sp³-hybridized carbons (Fsp3) is 0.267. The van der Waals surface area contributed by atoms with Crippen LogP contribution in [0.15, 0.2) is 65.0 Å². The lowest BCUT2D eigenvalue weighted by molar-refractivity contribution is -0.113. The maximum Gasteiger partial charge on any atom is 0.256 e. The molecule has 2 heterocycles. The van der Waals surface area contributed by atoms with Gasteiger partial charge in [0.25, 0.3) is 11.8 Å². The van der Waals surface area contributed by atoms with Crippen LogP contribution in [0.2, 0.25) is 0 Å². The summed E-state index contributed by atoms with van der Waals surface area (Å²) in [6.07, 6.45) is 0.844. The van der Waals surface area contributed by atoms with Gasteiger partial charge >= 0.3 is 0 Å². The topological polar surface area (TPSA) is 101 Å². The molecule has 0 unspecified atom stereocenters. The van der Waals surface area contributed by atoms with Crippen molar-refractivity contribution in [2.24, 2.45) is 0 Å². The molecule has 1 aliphatic heterocycles. The summed E-state index contributed by atoms with van der Waals surface area (Å²) < 4.78 is 7.01. The molecule has 0 aliphatic carbocycles. The molecule has 4 aromatic rings. The highest BCUT2D eigenvalue weighted by Gasteiger charge is 2.23. The van der Waals surface area contributed by atoms with Gasteiger partial charge < -0.3 is 20.3 Å². The lowest BCUT2D eigenvalue weighted by Gasteiger charge is -2.27. The molecule has 0 bridgehead atoms. The van der Waals surface area contributed by atoms with E-state index in [4.69, 9.17) is 4.74 Å². The Morgan fingerprint density at radius 3 is 2.55 bits per heavy atom. The molecule has 8 nitrogen and oxygen atoms in total. The van der Waals surface area contributed by atoms with E-state index in [1.54, 1.807) is 35.2 Å². The lowest BCUT2D eigenvalue weighted by Crippen LogP contribution is -2.41. The second-order valence-corrected chi connectivity index (χ2v) is 11.6. The number of hydrogen-bond donors (Lipinski definition) is 2. The predicted octanol–water partition coefficient (Wildman–Crippen LogP) is 5.62. The monoisotopic (exact) mass is 574 g/mol. The van der Waals surface area contributed by atoms with Gasteiger partial charge in [-0.15, -0.1) is 11.3 Å². The third-order valence-electron chi connectivity index (χ3n) is 6.66. The van der Waals surface area contributed by atoms with Crippen molar-refractivity contribution in [3.8, 4) is 0 Å². The highest BCUT2D eigenvalue weighted by molar-refractivity contribution is 8.01. The summed E-state index contributed by atoms with van der Waals surface area (Å²) in [4.78, 5) is 45.3. The van der Waals surface area contributed by atoms with Gasteiger partial charge in [0, 0.05) is 24.5 Å². The summed E-state index contributed by atoms with van der Waals surface area (Å²) in [6.45, 7) is 6.06. The van der Waals surface area contributed by atoms with Crippen LogP contribution in [0.5, 0.6) is 0 Å². The second-order valence-electron chi connectivity index (χ2n) is 9.37. The number of morpholine rings is 1. The van der Waals surface area contributed by atoms with Gasteiger partial charge in [-0.2, -0.15) is 0 Å². The van der Waals surface area contributed by atoms with Crippen LogP contribution in [0.1, 0.15) is 38.8 Å². The molecule has 1 aromatic heterocycles. The van der Waals surface area contributed by atoms with Crippen LogP contribution in [-0.2, 0) is 16.0 Å². The fourth-order valence-electron chi connectivity index (χ4n) is 4.55. The number of aryl methyl sites for hydroxylation is 2. The SMILES string of the molecule is CCc1cccc(C)c1NC(=O)CSc1nc2ccc(NC(=O)c3ccccc3C(=O)N3CCOCC3)cc2s1. The van der Waals surface area contributed by atoms with E-state index in [0.29, 0.717) is 43.1 Å². The summed E-state index contributed by atoms with van der Waals surface area (Å²) >= 11 is 2.85. The average Bonchev–Trinajstić information content (AvgIpc) is 3.39. The van der Waals surface area contributed by atoms with Crippen molar-refractivity contribution >= 4 is 62.4 Å². The quantitative estimate of drug-likeness (QED) is 0.265. The Labute approximate surface area is 241 Å². The molecule has 0 saturated carbocycles. The molecule has 1 aliphatic rings. The van der Waals surface area contributed by atoms with Gasteiger partial charge in [0.1, 0.15) is 0 Å². The van der Waals surface area contributed by atoms with E-state index in [1.807, 2.05) is 37.3 Å². The number of amides is 3. The van der Waals surface area contributed by atoms with Crippen LogP contribution < -0.4 is 10.6 Å². The number of carbonyl (C=O) groups is 3. The zero-order valence-corrected chi connectivity index (χ0v) is 24.0. The molecule has 0 radical (unpaired) electrons. The molecule has 3 amide bonds. The molecular formula is C30H30N4O4S2. The molecule has 3 aromatic carbocycles. The van der Waals surface area contributed by atoms with Crippen molar-refractivity contribution < 1.29 is 19.1 Å². The van der Waals surface area contributed by atoms with Crippen LogP contribution in [-0.4, -0.2) is 59.7 Å². The van der Waals surface area contributed by atoms with Crippen molar-refractivity contribution in [1.82, 2.24) is 9.88 Å². The van der Waals surface area contributed by atoms with Crippen molar-refractivity contribution in [3.63, 3.8) is 0 Å². The van der Waals surface area contributed by atoms with E-state index in [1.165, 1.54) is 23.1 Å². The maximum absolute atomic E-state index is 13.2. The maximum atomic E-state index is 13.2. The molecular weight excluding hydrogens is 544 g/mol. The van der Waals surface area contributed by atoms with E-state index in [9.17, 15) is 14.4 Å². The first-order chi connectivity index (χ1) is 19.4. The average molecular weight is 575 g/mol. The number of fused-ring (bicyclic) bond motifs is 1. The summed E-state index contributed by atoms with van der Waals surface area (Å²) in [5, 5.41) is 5.97. The second kappa shape index (κ2) is 12.6. The van der Waals surface area contributed by atoms with Crippen molar-refractivity contribution in [2.75, 3.05) is 42.7 Å². The number of anilines is 2. The number of hydrogen-bond acceptors (Lipinski definition) is 7. The van der Waals surface area contributed by atoms with Crippen LogP contribution >= 0.6 is 23.1 Å². The first-order valence-corrected chi connectivity index (χ1v) is 14.9. The van der Waals surface area contributed by atoms with Gasteiger partial charge in [0.05, 0.1) is 40.3 Å². The number of para-hydroxylation sites is 1. The Morgan fingerprint density at radius 1 is 1.00 bits per heavy atom. The molecule has 10 heteroatoms. The molecule has 0 spiro atoms. The normalized spacial score (nSPS) is 13.3. The Kier molecular flexibility index (Phi) is 8.78. The summed E-state index contributed by atoms with van der Waals surface area (Å²) in [7, 11) is 0. The number of thiazole rings is 1. The summed E-state index contributed by atoms with van der Waals surface area (Å²) in [5.41, 5.74) is 5.13. The minimum atomic E-state index is -0.352. The number of aromatic nitrogens is 1.